The third-order valence-corrected chi connectivity index (χ3v) is 1.41. The predicted octanol–water partition coefficient (Wildman–Crippen LogP) is -0.859. The first-order chi connectivity index (χ1) is 4.61. The highest BCUT2D eigenvalue weighted by atomic mass is 16.4. The molecule has 0 unspecified atom stereocenters. The third kappa shape index (κ3) is 1.02. The topological polar surface area (TPSA) is 78.4 Å². The van der Waals surface area contributed by atoms with Crippen LogP contribution in [0.1, 0.15) is 6.92 Å². The van der Waals surface area contributed by atoms with Crippen molar-refractivity contribution < 1.29 is 14.7 Å². The summed E-state index contributed by atoms with van der Waals surface area (Å²) in [6.07, 6.45) is 0. The zero-order valence-electron chi connectivity index (χ0n) is 5.42. The van der Waals surface area contributed by atoms with Gasteiger partial charge in [-0.2, -0.15) is 0 Å². The van der Waals surface area contributed by atoms with Crippen LogP contribution < -0.4 is 10.6 Å². The van der Waals surface area contributed by atoms with Gasteiger partial charge in [-0.25, -0.2) is 9.59 Å². The van der Waals surface area contributed by atoms with Gasteiger partial charge >= 0.3 is 12.0 Å². The van der Waals surface area contributed by atoms with E-state index in [-0.39, 0.29) is 6.04 Å². The fourth-order valence-corrected chi connectivity index (χ4v) is 0.874. The minimum atomic E-state index is -1.01. The highest BCUT2D eigenvalue weighted by Crippen LogP contribution is 1.99. The predicted molar refractivity (Wildman–Crippen MR) is 32.6 cm³/mol. The summed E-state index contributed by atoms with van der Waals surface area (Å²) in [6, 6.07) is -1.53. The first-order valence-corrected chi connectivity index (χ1v) is 2.91. The summed E-state index contributed by atoms with van der Waals surface area (Å²) in [5.74, 6) is -1.01. The largest absolute Gasteiger partial charge is 0.480 e. The Morgan fingerprint density at radius 3 is 2.40 bits per heavy atom. The summed E-state index contributed by atoms with van der Waals surface area (Å²) >= 11 is 0. The number of hydrogen-bond donors (Lipinski definition) is 3. The first kappa shape index (κ1) is 6.85. The van der Waals surface area contributed by atoms with Crippen molar-refractivity contribution in [2.24, 2.45) is 0 Å². The fourth-order valence-electron chi connectivity index (χ4n) is 0.874. The van der Waals surface area contributed by atoms with E-state index in [0.717, 1.165) is 0 Å². The maximum atomic E-state index is 10.5. The van der Waals surface area contributed by atoms with Crippen LogP contribution in [0, 0.1) is 0 Å². The number of carboxylic acid groups (broad SMARTS) is 1. The van der Waals surface area contributed by atoms with Gasteiger partial charge in [0.25, 0.3) is 0 Å². The van der Waals surface area contributed by atoms with Gasteiger partial charge in [-0.15, -0.1) is 0 Å². The molecule has 0 aromatic rings. The van der Waals surface area contributed by atoms with Crippen molar-refractivity contribution in [3.63, 3.8) is 0 Å². The van der Waals surface area contributed by atoms with Crippen LogP contribution in [0.25, 0.3) is 0 Å². The van der Waals surface area contributed by atoms with Crippen LogP contribution in [-0.4, -0.2) is 29.2 Å². The van der Waals surface area contributed by atoms with Crippen molar-refractivity contribution in [3.8, 4) is 0 Å². The summed E-state index contributed by atoms with van der Waals surface area (Å²) < 4.78 is 0. The average Bonchev–Trinajstić information content (AvgIpc) is 2.10. The van der Waals surface area contributed by atoms with Crippen LogP contribution in [0.15, 0.2) is 0 Å². The molecule has 0 aliphatic carbocycles. The van der Waals surface area contributed by atoms with Gasteiger partial charge in [0.1, 0.15) is 6.04 Å². The summed E-state index contributed by atoms with van der Waals surface area (Å²) in [4.78, 5) is 20.8. The molecule has 1 rings (SSSR count). The van der Waals surface area contributed by atoms with Crippen LogP contribution in [-0.2, 0) is 4.79 Å². The van der Waals surface area contributed by atoms with E-state index >= 15 is 0 Å². The number of carboxylic acids is 1. The average molecular weight is 144 g/mol. The normalized spacial score (nSPS) is 31.1. The lowest BCUT2D eigenvalue weighted by atomic mass is 10.2. The Kier molecular flexibility index (Phi) is 1.48. The number of carbonyl (C=O) groups excluding carboxylic acids is 1. The van der Waals surface area contributed by atoms with Crippen molar-refractivity contribution in [2.75, 3.05) is 0 Å². The van der Waals surface area contributed by atoms with Crippen molar-refractivity contribution in [1.29, 1.82) is 0 Å². The lowest BCUT2D eigenvalue weighted by molar-refractivity contribution is -0.139. The Bertz CT molecular complexity index is 180. The van der Waals surface area contributed by atoms with Gasteiger partial charge in [-0.1, -0.05) is 0 Å². The van der Waals surface area contributed by atoms with Crippen LogP contribution >= 0.6 is 0 Å². The summed E-state index contributed by atoms with van der Waals surface area (Å²) in [7, 11) is 0. The number of urea groups is 1. The second-order valence-electron chi connectivity index (χ2n) is 2.22. The molecule has 5 heteroatoms. The van der Waals surface area contributed by atoms with Crippen molar-refractivity contribution in [3.05, 3.63) is 0 Å². The number of rotatable bonds is 1. The minimum Gasteiger partial charge on any atom is -0.480 e. The molecule has 0 radical (unpaired) electrons. The number of hydrogen-bond acceptors (Lipinski definition) is 2. The molecule has 56 valence electrons. The molecular formula is C5H8N2O3. The molecule has 1 aliphatic rings. The fraction of sp³-hybridized carbons (Fsp3) is 0.600. The van der Waals surface area contributed by atoms with E-state index < -0.39 is 18.0 Å². The van der Waals surface area contributed by atoms with Gasteiger partial charge in [-0.3, -0.25) is 0 Å². The Hall–Kier alpha value is -1.26. The minimum absolute atomic E-state index is 0.329. The first-order valence-electron chi connectivity index (χ1n) is 2.91. The monoisotopic (exact) mass is 144 g/mol. The van der Waals surface area contributed by atoms with E-state index in [9.17, 15) is 9.59 Å². The Labute approximate surface area is 57.4 Å². The van der Waals surface area contributed by atoms with E-state index in [1.54, 1.807) is 6.92 Å². The van der Waals surface area contributed by atoms with E-state index in [1.807, 2.05) is 0 Å². The van der Waals surface area contributed by atoms with Crippen LogP contribution in [0.5, 0.6) is 0 Å². The lowest BCUT2D eigenvalue weighted by Gasteiger charge is -2.06. The quantitative estimate of drug-likeness (QED) is 0.448. The maximum absolute atomic E-state index is 10.5. The molecule has 1 saturated heterocycles. The molecule has 0 saturated carbocycles. The van der Waals surface area contributed by atoms with Gasteiger partial charge in [0.15, 0.2) is 0 Å². The molecule has 2 atom stereocenters. The maximum Gasteiger partial charge on any atom is 0.328 e. The smallest absolute Gasteiger partial charge is 0.328 e. The molecule has 0 bridgehead atoms. The number of amides is 2. The molecule has 10 heavy (non-hydrogen) atoms. The molecule has 5 nitrogen and oxygen atoms in total. The zero-order valence-corrected chi connectivity index (χ0v) is 5.42. The van der Waals surface area contributed by atoms with Crippen molar-refractivity contribution >= 4 is 12.0 Å². The van der Waals surface area contributed by atoms with Gasteiger partial charge in [0.2, 0.25) is 0 Å². The van der Waals surface area contributed by atoms with Gasteiger partial charge in [-0.05, 0) is 6.92 Å². The molecule has 1 heterocycles. The lowest BCUT2D eigenvalue weighted by Crippen LogP contribution is -2.38. The van der Waals surface area contributed by atoms with Gasteiger partial charge < -0.3 is 15.7 Å². The molecule has 2 amide bonds. The van der Waals surface area contributed by atoms with Crippen LogP contribution in [0.4, 0.5) is 4.79 Å². The highest BCUT2D eigenvalue weighted by molar-refractivity contribution is 5.87. The second-order valence-corrected chi connectivity index (χ2v) is 2.22. The molecule has 0 aromatic carbocycles. The Morgan fingerprint density at radius 1 is 1.60 bits per heavy atom. The van der Waals surface area contributed by atoms with Crippen molar-refractivity contribution in [1.82, 2.24) is 10.6 Å². The second kappa shape index (κ2) is 2.17. The molecule has 0 spiro atoms. The molecule has 1 fully saturated rings. The molecule has 0 aromatic heterocycles. The molecular weight excluding hydrogens is 136 g/mol. The SMILES string of the molecule is C[C@@H]1NC(=O)N[C@H]1C(=O)O. The van der Waals surface area contributed by atoms with E-state index in [4.69, 9.17) is 5.11 Å². The van der Waals surface area contributed by atoms with Crippen molar-refractivity contribution in [2.45, 2.75) is 19.0 Å². The van der Waals surface area contributed by atoms with Crippen LogP contribution in [0.3, 0.4) is 0 Å². The van der Waals surface area contributed by atoms with E-state index in [2.05, 4.69) is 10.6 Å². The summed E-state index contributed by atoms with van der Waals surface area (Å²) in [5.41, 5.74) is 0. The molecule has 1 aliphatic heterocycles. The van der Waals surface area contributed by atoms with Crippen LogP contribution in [0.2, 0.25) is 0 Å². The zero-order chi connectivity index (χ0) is 7.72. The Morgan fingerprint density at radius 2 is 2.20 bits per heavy atom. The van der Waals surface area contributed by atoms with Gasteiger partial charge in [0.05, 0.1) is 6.04 Å². The number of carbonyl (C=O) groups is 2. The number of aliphatic carboxylic acids is 1. The standard InChI is InChI=1S/C5H8N2O3/c1-2-3(4(8)9)7-5(10)6-2/h2-3H,1H3,(H,8,9)(H2,6,7,10)/t2-,3+/m0/s1. The van der Waals surface area contributed by atoms with Gasteiger partial charge in [0, 0.05) is 0 Å². The highest BCUT2D eigenvalue weighted by Gasteiger charge is 2.33. The van der Waals surface area contributed by atoms with E-state index in [1.165, 1.54) is 0 Å². The van der Waals surface area contributed by atoms with E-state index in [0.29, 0.717) is 0 Å². The number of nitrogens with one attached hydrogen (secondary N) is 2. The Balaban J connectivity index is 2.63. The summed E-state index contributed by atoms with van der Waals surface area (Å²) in [5, 5.41) is 13.1. The third-order valence-electron chi connectivity index (χ3n) is 1.41. The summed E-state index contributed by atoms with van der Waals surface area (Å²) in [6.45, 7) is 1.64. The molecule has 3 N–H and O–H groups in total.